The zero-order chi connectivity index (χ0) is 14.0. The van der Waals surface area contributed by atoms with Crippen LogP contribution in [-0.4, -0.2) is 16.1 Å². The Balaban J connectivity index is 2.19. The molecule has 2 aromatic rings. The van der Waals surface area contributed by atoms with Gasteiger partial charge in [0, 0.05) is 0 Å². The summed E-state index contributed by atoms with van der Waals surface area (Å²) in [5.41, 5.74) is 2.55. The predicted octanol–water partition coefficient (Wildman–Crippen LogP) is 2.91. The molecule has 1 aromatic carbocycles. The molecule has 1 heterocycles. The molecular formula is C14H16FN3O. The van der Waals surface area contributed by atoms with Crippen molar-refractivity contribution in [3.05, 3.63) is 47.0 Å². The highest BCUT2D eigenvalue weighted by atomic mass is 19.1. The van der Waals surface area contributed by atoms with Crippen molar-refractivity contribution >= 4 is 11.6 Å². The Labute approximate surface area is 111 Å². The minimum Gasteiger partial charge on any atom is -0.322 e. The molecule has 19 heavy (non-hydrogen) atoms. The molecule has 1 atom stereocenters. The number of benzene rings is 1. The molecule has 0 saturated heterocycles. The van der Waals surface area contributed by atoms with E-state index in [-0.39, 0.29) is 11.7 Å². The van der Waals surface area contributed by atoms with E-state index in [1.165, 1.54) is 6.07 Å². The summed E-state index contributed by atoms with van der Waals surface area (Å²) in [5, 5.41) is 9.58. The van der Waals surface area contributed by atoms with Gasteiger partial charge in [0.1, 0.15) is 5.82 Å². The van der Waals surface area contributed by atoms with Crippen LogP contribution in [0.3, 0.4) is 0 Å². The Hall–Kier alpha value is -2.17. The summed E-state index contributed by atoms with van der Waals surface area (Å²) in [7, 11) is 0. The van der Waals surface area contributed by atoms with Gasteiger partial charge in [-0.2, -0.15) is 5.10 Å². The van der Waals surface area contributed by atoms with Crippen LogP contribution in [0.15, 0.2) is 24.3 Å². The van der Waals surface area contributed by atoms with Crippen molar-refractivity contribution in [3.63, 3.8) is 0 Å². The number of anilines is 1. The molecule has 0 spiro atoms. The highest BCUT2D eigenvalue weighted by molar-refractivity contribution is 5.96. The standard InChI is InChI=1S/C14H16FN3O/c1-8(11-6-4-5-7-12(11)15)14(19)16-13-9(2)17-18-10(13)3/h4-8H,1-3H3,(H,16,19)(H,17,18). The van der Waals surface area contributed by atoms with E-state index in [1.807, 2.05) is 6.92 Å². The van der Waals surface area contributed by atoms with Crippen molar-refractivity contribution in [2.75, 3.05) is 5.32 Å². The molecular weight excluding hydrogens is 245 g/mol. The van der Waals surface area contributed by atoms with Gasteiger partial charge in [-0.15, -0.1) is 0 Å². The van der Waals surface area contributed by atoms with E-state index in [0.717, 1.165) is 5.69 Å². The van der Waals surface area contributed by atoms with Gasteiger partial charge in [-0.1, -0.05) is 18.2 Å². The molecule has 0 aliphatic heterocycles. The lowest BCUT2D eigenvalue weighted by Crippen LogP contribution is -2.20. The molecule has 2 rings (SSSR count). The number of aryl methyl sites for hydroxylation is 2. The van der Waals surface area contributed by atoms with Crippen LogP contribution in [0.25, 0.3) is 0 Å². The van der Waals surface area contributed by atoms with Gasteiger partial charge in [0.05, 0.1) is 23.0 Å². The van der Waals surface area contributed by atoms with Crippen LogP contribution >= 0.6 is 0 Å². The highest BCUT2D eigenvalue weighted by Gasteiger charge is 2.20. The maximum Gasteiger partial charge on any atom is 0.231 e. The summed E-state index contributed by atoms with van der Waals surface area (Å²) < 4.78 is 13.6. The third kappa shape index (κ3) is 2.65. The summed E-state index contributed by atoms with van der Waals surface area (Å²) in [6.45, 7) is 5.30. The maximum absolute atomic E-state index is 13.6. The monoisotopic (exact) mass is 261 g/mol. The first kappa shape index (κ1) is 13.3. The van der Waals surface area contributed by atoms with Gasteiger partial charge < -0.3 is 5.32 Å². The number of carbonyl (C=O) groups excluding carboxylic acids is 1. The lowest BCUT2D eigenvalue weighted by atomic mass is 9.99. The zero-order valence-corrected chi connectivity index (χ0v) is 11.1. The van der Waals surface area contributed by atoms with Crippen LogP contribution in [0.5, 0.6) is 0 Å². The van der Waals surface area contributed by atoms with Crippen LogP contribution in [-0.2, 0) is 4.79 Å². The molecule has 1 amide bonds. The van der Waals surface area contributed by atoms with Gasteiger partial charge in [-0.05, 0) is 32.4 Å². The SMILES string of the molecule is Cc1n[nH]c(C)c1NC(=O)C(C)c1ccccc1F. The highest BCUT2D eigenvalue weighted by Crippen LogP contribution is 2.22. The first-order valence-electron chi connectivity index (χ1n) is 6.07. The molecule has 0 bridgehead atoms. The number of halogens is 1. The molecule has 0 radical (unpaired) electrons. The number of aromatic nitrogens is 2. The molecule has 100 valence electrons. The molecule has 0 saturated carbocycles. The molecule has 0 aliphatic carbocycles. The van der Waals surface area contributed by atoms with Crippen molar-refractivity contribution < 1.29 is 9.18 Å². The van der Waals surface area contributed by atoms with Gasteiger partial charge in [0.25, 0.3) is 0 Å². The number of nitrogens with one attached hydrogen (secondary N) is 2. The summed E-state index contributed by atoms with van der Waals surface area (Å²) in [6.07, 6.45) is 0. The van der Waals surface area contributed by atoms with Crippen molar-refractivity contribution in [1.82, 2.24) is 10.2 Å². The molecule has 4 nitrogen and oxygen atoms in total. The Morgan fingerprint density at radius 3 is 2.63 bits per heavy atom. The van der Waals surface area contributed by atoms with Gasteiger partial charge in [-0.25, -0.2) is 4.39 Å². The second-order valence-corrected chi connectivity index (χ2v) is 4.54. The minimum atomic E-state index is -0.560. The quantitative estimate of drug-likeness (QED) is 0.892. The number of rotatable bonds is 3. The molecule has 0 aliphatic rings. The number of hydrogen-bond acceptors (Lipinski definition) is 2. The molecule has 2 N–H and O–H groups in total. The lowest BCUT2D eigenvalue weighted by Gasteiger charge is -2.13. The largest absolute Gasteiger partial charge is 0.322 e. The van der Waals surface area contributed by atoms with Crippen molar-refractivity contribution in [2.45, 2.75) is 26.7 Å². The normalized spacial score (nSPS) is 12.2. The third-order valence-corrected chi connectivity index (χ3v) is 3.14. The van der Waals surface area contributed by atoms with E-state index in [9.17, 15) is 9.18 Å². The summed E-state index contributed by atoms with van der Waals surface area (Å²) in [6, 6.07) is 6.30. The molecule has 1 unspecified atom stereocenters. The van der Waals surface area contributed by atoms with Crippen LogP contribution in [0, 0.1) is 19.7 Å². The van der Waals surface area contributed by atoms with Crippen LogP contribution < -0.4 is 5.32 Å². The van der Waals surface area contributed by atoms with E-state index in [1.54, 1.807) is 32.0 Å². The van der Waals surface area contributed by atoms with Crippen molar-refractivity contribution in [1.29, 1.82) is 0 Å². The number of hydrogen-bond donors (Lipinski definition) is 2. The first-order valence-corrected chi connectivity index (χ1v) is 6.07. The summed E-state index contributed by atoms with van der Waals surface area (Å²) in [5.74, 6) is -1.18. The second kappa shape index (κ2) is 5.22. The smallest absolute Gasteiger partial charge is 0.231 e. The average molecular weight is 261 g/mol. The average Bonchev–Trinajstić information content (AvgIpc) is 2.70. The Bertz CT molecular complexity index is 587. The van der Waals surface area contributed by atoms with Gasteiger partial charge in [0.15, 0.2) is 0 Å². The zero-order valence-electron chi connectivity index (χ0n) is 11.1. The fraction of sp³-hybridized carbons (Fsp3) is 0.286. The molecule has 0 fully saturated rings. The lowest BCUT2D eigenvalue weighted by molar-refractivity contribution is -0.117. The second-order valence-electron chi connectivity index (χ2n) is 4.54. The fourth-order valence-electron chi connectivity index (χ4n) is 1.93. The van der Waals surface area contributed by atoms with Crippen molar-refractivity contribution in [2.24, 2.45) is 0 Å². The van der Waals surface area contributed by atoms with E-state index < -0.39 is 5.92 Å². The summed E-state index contributed by atoms with van der Waals surface area (Å²) >= 11 is 0. The summed E-state index contributed by atoms with van der Waals surface area (Å²) in [4.78, 5) is 12.1. The number of amides is 1. The van der Waals surface area contributed by atoms with Gasteiger partial charge in [-0.3, -0.25) is 9.89 Å². The van der Waals surface area contributed by atoms with Gasteiger partial charge in [0.2, 0.25) is 5.91 Å². The predicted molar refractivity (Wildman–Crippen MR) is 71.5 cm³/mol. The van der Waals surface area contributed by atoms with E-state index >= 15 is 0 Å². The molecule has 5 heteroatoms. The Morgan fingerprint density at radius 1 is 1.37 bits per heavy atom. The van der Waals surface area contributed by atoms with E-state index in [2.05, 4.69) is 15.5 Å². The minimum absolute atomic E-state index is 0.252. The van der Waals surface area contributed by atoms with Crippen LogP contribution in [0.4, 0.5) is 10.1 Å². The number of nitrogens with zero attached hydrogens (tertiary/aromatic N) is 1. The van der Waals surface area contributed by atoms with E-state index in [4.69, 9.17) is 0 Å². The molecule has 1 aromatic heterocycles. The number of carbonyl (C=O) groups is 1. The van der Waals surface area contributed by atoms with E-state index in [0.29, 0.717) is 16.9 Å². The topological polar surface area (TPSA) is 57.8 Å². The van der Waals surface area contributed by atoms with Crippen LogP contribution in [0.1, 0.15) is 29.8 Å². The number of H-pyrrole nitrogens is 1. The Kier molecular flexibility index (Phi) is 3.64. The fourth-order valence-corrected chi connectivity index (χ4v) is 1.93. The van der Waals surface area contributed by atoms with Crippen molar-refractivity contribution in [3.8, 4) is 0 Å². The maximum atomic E-state index is 13.6. The van der Waals surface area contributed by atoms with Crippen LogP contribution in [0.2, 0.25) is 0 Å². The Morgan fingerprint density at radius 2 is 2.05 bits per heavy atom. The van der Waals surface area contributed by atoms with Gasteiger partial charge >= 0.3 is 0 Å². The first-order chi connectivity index (χ1) is 9.00. The number of aromatic amines is 1. The third-order valence-electron chi connectivity index (χ3n) is 3.14.